The Morgan fingerprint density at radius 3 is 2.55 bits per heavy atom. The Bertz CT molecular complexity index is 1140. The van der Waals surface area contributed by atoms with Gasteiger partial charge in [0.1, 0.15) is 5.82 Å². The van der Waals surface area contributed by atoms with Gasteiger partial charge in [-0.15, -0.1) is 15.3 Å². The number of alkyl halides is 3. The van der Waals surface area contributed by atoms with Gasteiger partial charge in [-0.25, -0.2) is 13.4 Å². The molecule has 3 aromatic heterocycles. The van der Waals surface area contributed by atoms with E-state index in [2.05, 4.69) is 20.3 Å². The molecular formula is C15H17F3N8O2S. The molecule has 156 valence electrons. The van der Waals surface area contributed by atoms with Crippen molar-refractivity contribution in [3.8, 4) is 0 Å². The van der Waals surface area contributed by atoms with E-state index in [0.29, 0.717) is 23.3 Å². The molecule has 0 saturated carbocycles. The zero-order valence-corrected chi connectivity index (χ0v) is 16.1. The van der Waals surface area contributed by atoms with Gasteiger partial charge in [0.15, 0.2) is 5.65 Å². The van der Waals surface area contributed by atoms with Gasteiger partial charge in [-0.2, -0.15) is 22.0 Å². The fraction of sp³-hybridized carbons (Fsp3) is 0.467. The first-order chi connectivity index (χ1) is 13.7. The van der Waals surface area contributed by atoms with E-state index < -0.39 is 22.0 Å². The second-order valence-corrected chi connectivity index (χ2v) is 8.38. The number of sulfonamides is 1. The van der Waals surface area contributed by atoms with Gasteiger partial charge in [0.05, 0.1) is 0 Å². The molecule has 29 heavy (non-hydrogen) atoms. The minimum absolute atomic E-state index is 0.0186. The van der Waals surface area contributed by atoms with E-state index in [4.69, 9.17) is 0 Å². The van der Waals surface area contributed by atoms with Crippen molar-refractivity contribution >= 4 is 21.5 Å². The molecule has 1 fully saturated rings. The van der Waals surface area contributed by atoms with E-state index in [-0.39, 0.29) is 30.4 Å². The summed E-state index contributed by atoms with van der Waals surface area (Å²) < 4.78 is 68.3. The lowest BCUT2D eigenvalue weighted by Crippen LogP contribution is -2.36. The van der Waals surface area contributed by atoms with Crippen LogP contribution in [0.2, 0.25) is 0 Å². The van der Waals surface area contributed by atoms with Crippen molar-refractivity contribution in [1.82, 2.24) is 33.7 Å². The maximum Gasteiger partial charge on any atom is 0.453 e. The highest BCUT2D eigenvalue weighted by Crippen LogP contribution is 2.28. The Morgan fingerprint density at radius 1 is 1.07 bits per heavy atom. The summed E-state index contributed by atoms with van der Waals surface area (Å²) in [5.74, 6) is -0.915. The third kappa shape index (κ3) is 3.53. The third-order valence-corrected chi connectivity index (χ3v) is 6.53. The normalized spacial score (nSPS) is 17.0. The molecular weight excluding hydrogens is 413 g/mol. The molecule has 0 amide bonds. The monoisotopic (exact) mass is 430 g/mol. The van der Waals surface area contributed by atoms with Gasteiger partial charge in [-0.1, -0.05) is 0 Å². The Hall–Kier alpha value is -2.74. The van der Waals surface area contributed by atoms with Gasteiger partial charge in [-0.3, -0.25) is 0 Å². The number of rotatable bonds is 3. The molecule has 0 atom stereocenters. The van der Waals surface area contributed by atoms with Crippen LogP contribution in [0.15, 0.2) is 29.7 Å². The van der Waals surface area contributed by atoms with E-state index in [1.807, 2.05) is 0 Å². The van der Waals surface area contributed by atoms with Crippen LogP contribution < -0.4 is 4.90 Å². The van der Waals surface area contributed by atoms with E-state index in [1.165, 1.54) is 21.1 Å². The minimum atomic E-state index is -4.68. The molecule has 4 rings (SSSR count). The lowest BCUT2D eigenvalue weighted by Gasteiger charge is -2.22. The fourth-order valence-electron chi connectivity index (χ4n) is 3.20. The second-order valence-electron chi connectivity index (χ2n) is 6.55. The number of hydrogen-bond acceptors (Lipinski definition) is 7. The summed E-state index contributed by atoms with van der Waals surface area (Å²) in [6.07, 6.45) is -1.24. The zero-order chi connectivity index (χ0) is 20.8. The molecule has 0 unspecified atom stereocenters. The first kappa shape index (κ1) is 19.6. The molecule has 0 spiro atoms. The van der Waals surface area contributed by atoms with Crippen molar-refractivity contribution in [2.75, 3.05) is 31.1 Å². The SMILES string of the molecule is Cn1ccnc1S(=O)(=O)N1CCCN(c2ccc3nnc(C(F)(F)F)n3n2)CC1. The van der Waals surface area contributed by atoms with Gasteiger partial charge in [0.25, 0.3) is 15.8 Å². The molecule has 10 nitrogen and oxygen atoms in total. The molecule has 14 heteroatoms. The van der Waals surface area contributed by atoms with Crippen molar-refractivity contribution in [3.63, 3.8) is 0 Å². The summed E-state index contributed by atoms with van der Waals surface area (Å²) in [6.45, 7) is 1.14. The van der Waals surface area contributed by atoms with Gasteiger partial charge < -0.3 is 9.47 Å². The van der Waals surface area contributed by atoms with E-state index in [0.717, 1.165) is 0 Å². The molecule has 0 aliphatic carbocycles. The average Bonchev–Trinajstić information content (AvgIpc) is 3.19. The topological polar surface area (TPSA) is 102 Å². The standard InChI is InChI=1S/C15H17F3N8O2S/c1-23-8-5-19-14(23)29(27,28)25-7-2-6-24(9-10-25)12-4-3-11-20-21-13(15(16,17)18)26(11)22-12/h3-5,8H,2,6-7,9-10H2,1H3. The van der Waals surface area contributed by atoms with Crippen molar-refractivity contribution in [3.05, 3.63) is 30.4 Å². The predicted molar refractivity (Wildman–Crippen MR) is 94.6 cm³/mol. The largest absolute Gasteiger partial charge is 0.453 e. The summed E-state index contributed by atoms with van der Waals surface area (Å²) in [7, 11) is -2.17. The van der Waals surface area contributed by atoms with E-state index >= 15 is 0 Å². The summed E-state index contributed by atoms with van der Waals surface area (Å²) in [5, 5.41) is 10.6. The summed E-state index contributed by atoms with van der Waals surface area (Å²) in [5.41, 5.74) is -0.0186. The van der Waals surface area contributed by atoms with Crippen LogP contribution >= 0.6 is 0 Å². The van der Waals surface area contributed by atoms with Gasteiger partial charge in [-0.05, 0) is 18.6 Å². The van der Waals surface area contributed by atoms with E-state index in [1.54, 1.807) is 24.2 Å². The molecule has 1 aliphatic rings. The maximum atomic E-state index is 13.1. The number of aryl methyl sites for hydroxylation is 1. The van der Waals surface area contributed by atoms with Crippen molar-refractivity contribution in [1.29, 1.82) is 0 Å². The third-order valence-electron chi connectivity index (χ3n) is 4.63. The highest BCUT2D eigenvalue weighted by molar-refractivity contribution is 7.89. The maximum absolute atomic E-state index is 13.1. The van der Waals surface area contributed by atoms with Crippen molar-refractivity contribution in [2.24, 2.45) is 7.05 Å². The Balaban J connectivity index is 1.58. The molecule has 0 bridgehead atoms. The number of aromatic nitrogens is 6. The fourth-order valence-corrected chi connectivity index (χ4v) is 4.75. The Labute approximate surface area is 163 Å². The lowest BCUT2D eigenvalue weighted by atomic mass is 10.4. The molecule has 4 heterocycles. The Kier molecular flexibility index (Phi) is 4.69. The van der Waals surface area contributed by atoms with Crippen molar-refractivity contribution in [2.45, 2.75) is 17.8 Å². The zero-order valence-electron chi connectivity index (χ0n) is 15.3. The van der Waals surface area contributed by atoms with Crippen LogP contribution in [-0.2, 0) is 23.2 Å². The highest BCUT2D eigenvalue weighted by Gasteiger charge is 2.38. The Morgan fingerprint density at radius 2 is 1.86 bits per heavy atom. The summed E-state index contributed by atoms with van der Waals surface area (Å²) in [4.78, 5) is 5.66. The highest BCUT2D eigenvalue weighted by atomic mass is 32.2. The van der Waals surface area contributed by atoms with Gasteiger partial charge in [0.2, 0.25) is 5.16 Å². The number of fused-ring (bicyclic) bond motifs is 1. The number of hydrogen-bond donors (Lipinski definition) is 0. The molecule has 0 N–H and O–H groups in total. The van der Waals surface area contributed by atoms with Gasteiger partial charge >= 0.3 is 6.18 Å². The minimum Gasteiger partial charge on any atom is -0.354 e. The smallest absolute Gasteiger partial charge is 0.354 e. The van der Waals surface area contributed by atoms with Crippen LogP contribution in [-0.4, -0.2) is 68.3 Å². The molecule has 1 aliphatic heterocycles. The first-order valence-corrected chi connectivity index (χ1v) is 10.1. The molecule has 1 saturated heterocycles. The summed E-state index contributed by atoms with van der Waals surface area (Å²) in [6, 6.07) is 2.95. The summed E-state index contributed by atoms with van der Waals surface area (Å²) >= 11 is 0. The first-order valence-electron chi connectivity index (χ1n) is 8.70. The van der Waals surface area contributed by atoms with Crippen LogP contribution in [0.1, 0.15) is 12.2 Å². The van der Waals surface area contributed by atoms with Crippen LogP contribution in [0.3, 0.4) is 0 Å². The van der Waals surface area contributed by atoms with E-state index in [9.17, 15) is 21.6 Å². The molecule has 0 aromatic carbocycles. The molecule has 3 aromatic rings. The van der Waals surface area contributed by atoms with Gasteiger partial charge in [0, 0.05) is 45.6 Å². The van der Waals surface area contributed by atoms with Crippen molar-refractivity contribution < 1.29 is 21.6 Å². The average molecular weight is 430 g/mol. The van der Waals surface area contributed by atoms with Crippen LogP contribution in [0.25, 0.3) is 5.65 Å². The van der Waals surface area contributed by atoms with Crippen LogP contribution in [0.5, 0.6) is 0 Å². The quantitative estimate of drug-likeness (QED) is 0.605. The lowest BCUT2D eigenvalue weighted by molar-refractivity contribution is -0.146. The number of imidazole rings is 1. The number of halogens is 3. The number of nitrogens with zero attached hydrogens (tertiary/aromatic N) is 8. The van der Waals surface area contributed by atoms with Crippen LogP contribution in [0, 0.1) is 0 Å². The predicted octanol–water partition coefficient (Wildman–Crippen LogP) is 0.778. The number of anilines is 1. The molecule has 0 radical (unpaired) electrons. The second kappa shape index (κ2) is 6.95. The van der Waals surface area contributed by atoms with Crippen LogP contribution in [0.4, 0.5) is 19.0 Å².